The summed E-state index contributed by atoms with van der Waals surface area (Å²) in [6.07, 6.45) is 4.07. The van der Waals surface area contributed by atoms with Gasteiger partial charge in [-0.2, -0.15) is 0 Å². The molecule has 2 N–H and O–H groups in total. The second kappa shape index (κ2) is 9.76. The lowest BCUT2D eigenvalue weighted by molar-refractivity contribution is 0.245. The van der Waals surface area contributed by atoms with Crippen molar-refractivity contribution in [1.29, 1.82) is 0 Å². The van der Waals surface area contributed by atoms with Crippen LogP contribution in [0.15, 0.2) is 17.8 Å². The first-order valence-electron chi connectivity index (χ1n) is 8.31. The molecule has 1 aliphatic rings. The molecular formula is C18H27Cl3N2O. The van der Waals surface area contributed by atoms with Gasteiger partial charge in [0, 0.05) is 25.2 Å². The zero-order valence-corrected chi connectivity index (χ0v) is 16.9. The Bertz CT molecular complexity index is 590. The van der Waals surface area contributed by atoms with Crippen molar-refractivity contribution >= 4 is 41.4 Å². The highest BCUT2D eigenvalue weighted by Crippen LogP contribution is 2.38. The molecule has 24 heavy (non-hydrogen) atoms. The molecule has 1 aromatic carbocycles. The van der Waals surface area contributed by atoms with Crippen LogP contribution in [0.1, 0.15) is 50.7 Å². The first kappa shape index (κ1) is 21.4. The van der Waals surface area contributed by atoms with Crippen LogP contribution >= 0.6 is 35.6 Å². The number of rotatable bonds is 7. The first-order chi connectivity index (χ1) is 11.0. The number of likely N-dealkylation sites (N-methyl/N-ethyl adjacent to an activating group) is 1. The number of fused-ring (bicyclic) bond motifs is 1. The SMILES string of the molecule is CCCCOC1=C(C(N)CCC)N(C)Cc2cc(Cl)c(Cl)cc21.Cl. The molecule has 6 heteroatoms. The van der Waals surface area contributed by atoms with E-state index < -0.39 is 0 Å². The predicted molar refractivity (Wildman–Crippen MR) is 106 cm³/mol. The van der Waals surface area contributed by atoms with E-state index in [9.17, 15) is 0 Å². The smallest absolute Gasteiger partial charge is 0.147 e. The Morgan fingerprint density at radius 1 is 1.21 bits per heavy atom. The zero-order valence-electron chi connectivity index (χ0n) is 14.6. The standard InChI is InChI=1S/C18H26Cl2N2O.ClH/c1-4-6-8-23-18-13-10-15(20)14(19)9-12(13)11-22(3)17(18)16(21)7-5-2;/h9-10,16H,4-8,11,21H2,1-3H3;1H. The fourth-order valence-corrected chi connectivity index (χ4v) is 3.30. The van der Waals surface area contributed by atoms with Gasteiger partial charge >= 0.3 is 0 Å². The van der Waals surface area contributed by atoms with E-state index in [-0.39, 0.29) is 18.4 Å². The van der Waals surface area contributed by atoms with Crippen LogP contribution in [0.3, 0.4) is 0 Å². The van der Waals surface area contributed by atoms with E-state index in [0.29, 0.717) is 16.7 Å². The number of hydrogen-bond donors (Lipinski definition) is 1. The Balaban J connectivity index is 0.00000288. The van der Waals surface area contributed by atoms with Gasteiger partial charge in [0.05, 0.1) is 22.3 Å². The van der Waals surface area contributed by atoms with E-state index in [1.54, 1.807) is 0 Å². The van der Waals surface area contributed by atoms with Gasteiger partial charge in [-0.05, 0) is 30.5 Å². The van der Waals surface area contributed by atoms with Gasteiger partial charge in [0.1, 0.15) is 5.76 Å². The van der Waals surface area contributed by atoms with E-state index in [4.69, 9.17) is 33.7 Å². The maximum Gasteiger partial charge on any atom is 0.147 e. The maximum atomic E-state index is 6.43. The monoisotopic (exact) mass is 392 g/mol. The highest BCUT2D eigenvalue weighted by atomic mass is 35.5. The second-order valence-electron chi connectivity index (χ2n) is 6.09. The minimum atomic E-state index is -0.0377. The molecule has 1 aliphatic heterocycles. The minimum Gasteiger partial charge on any atom is -0.491 e. The summed E-state index contributed by atoms with van der Waals surface area (Å²) in [6, 6.07) is 3.80. The molecule has 1 heterocycles. The molecule has 0 aliphatic carbocycles. The lowest BCUT2D eigenvalue weighted by atomic mass is 9.95. The molecule has 0 bridgehead atoms. The summed E-state index contributed by atoms with van der Waals surface area (Å²) in [4.78, 5) is 2.17. The Hall–Kier alpha value is -0.610. The van der Waals surface area contributed by atoms with Crippen molar-refractivity contribution in [2.75, 3.05) is 13.7 Å². The summed E-state index contributed by atoms with van der Waals surface area (Å²) in [7, 11) is 2.06. The Kier molecular flexibility index (Phi) is 8.72. The van der Waals surface area contributed by atoms with Gasteiger partial charge in [0.25, 0.3) is 0 Å². The van der Waals surface area contributed by atoms with Gasteiger partial charge in [-0.1, -0.05) is 49.9 Å². The third-order valence-electron chi connectivity index (χ3n) is 4.14. The van der Waals surface area contributed by atoms with Gasteiger partial charge in [0.2, 0.25) is 0 Å². The quantitative estimate of drug-likeness (QED) is 0.624. The molecule has 0 amide bonds. The van der Waals surface area contributed by atoms with Crippen LogP contribution in [0, 0.1) is 0 Å². The molecule has 1 atom stereocenters. The van der Waals surface area contributed by atoms with Crippen LogP contribution in [0.25, 0.3) is 5.76 Å². The number of benzene rings is 1. The van der Waals surface area contributed by atoms with Crippen LogP contribution in [0.2, 0.25) is 10.0 Å². The highest BCUT2D eigenvalue weighted by Gasteiger charge is 2.28. The Labute approximate surface area is 161 Å². The molecule has 0 saturated heterocycles. The summed E-state index contributed by atoms with van der Waals surface area (Å²) < 4.78 is 6.15. The molecule has 0 aromatic heterocycles. The number of halogens is 3. The van der Waals surface area contributed by atoms with E-state index in [1.807, 2.05) is 12.1 Å². The Morgan fingerprint density at radius 3 is 2.50 bits per heavy atom. The van der Waals surface area contributed by atoms with Crippen molar-refractivity contribution in [3.8, 4) is 0 Å². The van der Waals surface area contributed by atoms with Crippen LogP contribution in [0.5, 0.6) is 0 Å². The fourth-order valence-electron chi connectivity index (χ4n) is 2.95. The Morgan fingerprint density at radius 2 is 1.88 bits per heavy atom. The molecule has 0 saturated carbocycles. The molecule has 3 nitrogen and oxygen atoms in total. The fraction of sp³-hybridized carbons (Fsp3) is 0.556. The summed E-state index contributed by atoms with van der Waals surface area (Å²) in [5, 5.41) is 1.13. The van der Waals surface area contributed by atoms with Crippen molar-refractivity contribution in [3.63, 3.8) is 0 Å². The van der Waals surface area contributed by atoms with Crippen LogP contribution in [-0.4, -0.2) is 24.6 Å². The number of hydrogen-bond acceptors (Lipinski definition) is 3. The molecule has 1 unspecified atom stereocenters. The van der Waals surface area contributed by atoms with Crippen molar-refractivity contribution in [3.05, 3.63) is 39.0 Å². The summed E-state index contributed by atoms with van der Waals surface area (Å²) in [5.41, 5.74) is 9.64. The third-order valence-corrected chi connectivity index (χ3v) is 4.86. The molecule has 0 spiro atoms. The molecular weight excluding hydrogens is 367 g/mol. The first-order valence-corrected chi connectivity index (χ1v) is 9.07. The van der Waals surface area contributed by atoms with E-state index in [0.717, 1.165) is 54.8 Å². The van der Waals surface area contributed by atoms with Gasteiger partial charge in [0.15, 0.2) is 0 Å². The van der Waals surface area contributed by atoms with Gasteiger partial charge in [-0.15, -0.1) is 12.4 Å². The summed E-state index contributed by atoms with van der Waals surface area (Å²) in [6.45, 7) is 5.74. The normalized spacial score (nSPS) is 15.0. The number of nitrogens with zero attached hydrogens (tertiary/aromatic N) is 1. The van der Waals surface area contributed by atoms with Gasteiger partial charge < -0.3 is 15.4 Å². The predicted octanol–water partition coefficient (Wildman–Crippen LogP) is 5.47. The summed E-state index contributed by atoms with van der Waals surface area (Å²) >= 11 is 12.4. The topological polar surface area (TPSA) is 38.5 Å². The summed E-state index contributed by atoms with van der Waals surface area (Å²) in [5.74, 6) is 0.863. The molecule has 0 fully saturated rings. The van der Waals surface area contributed by atoms with E-state index in [1.165, 1.54) is 0 Å². The minimum absolute atomic E-state index is 0. The molecule has 0 radical (unpaired) electrons. The number of ether oxygens (including phenoxy) is 1. The second-order valence-corrected chi connectivity index (χ2v) is 6.91. The van der Waals surface area contributed by atoms with Crippen molar-refractivity contribution in [2.24, 2.45) is 5.73 Å². The van der Waals surface area contributed by atoms with Crippen molar-refractivity contribution < 1.29 is 4.74 Å². The number of unbranched alkanes of at least 4 members (excludes halogenated alkanes) is 1. The molecule has 1 aromatic rings. The number of nitrogens with two attached hydrogens (primary N) is 1. The third kappa shape index (κ3) is 4.72. The van der Waals surface area contributed by atoms with Crippen molar-refractivity contribution in [1.82, 2.24) is 4.90 Å². The van der Waals surface area contributed by atoms with Crippen molar-refractivity contribution in [2.45, 2.75) is 52.1 Å². The molecule has 136 valence electrons. The highest BCUT2D eigenvalue weighted by molar-refractivity contribution is 6.42. The van der Waals surface area contributed by atoms with E-state index >= 15 is 0 Å². The lowest BCUT2D eigenvalue weighted by Crippen LogP contribution is -2.36. The van der Waals surface area contributed by atoms with E-state index in [2.05, 4.69) is 25.8 Å². The largest absolute Gasteiger partial charge is 0.491 e. The average molecular weight is 394 g/mol. The van der Waals surface area contributed by atoms with Crippen LogP contribution in [0.4, 0.5) is 0 Å². The van der Waals surface area contributed by atoms with Gasteiger partial charge in [-0.3, -0.25) is 0 Å². The average Bonchev–Trinajstić information content (AvgIpc) is 2.49. The molecule has 2 rings (SSSR count). The van der Waals surface area contributed by atoms with Gasteiger partial charge in [-0.25, -0.2) is 0 Å². The maximum absolute atomic E-state index is 6.43. The van der Waals surface area contributed by atoms with Crippen LogP contribution < -0.4 is 5.73 Å². The van der Waals surface area contributed by atoms with Crippen LogP contribution in [-0.2, 0) is 11.3 Å². The zero-order chi connectivity index (χ0) is 17.0. The lowest BCUT2D eigenvalue weighted by Gasteiger charge is -2.35.